The van der Waals surface area contributed by atoms with Crippen LogP contribution >= 0.6 is 0 Å². The summed E-state index contributed by atoms with van der Waals surface area (Å²) >= 11 is 0. The highest BCUT2D eigenvalue weighted by atomic mass is 19.4. The van der Waals surface area contributed by atoms with E-state index in [9.17, 15) is 26.7 Å². The molecule has 1 aliphatic carbocycles. The minimum atomic E-state index is -4.53. The molecule has 5 rings (SSSR count). The Morgan fingerprint density at radius 1 is 1.15 bits per heavy atom. The maximum absolute atomic E-state index is 14.1. The summed E-state index contributed by atoms with van der Waals surface area (Å²) in [5.74, 6) is -3.09. The standard InChI is InChI=1S/C24H23F5N2O2/c25-20-9-15-13-33-23(18(15)10-21(20)26)7-8-30-11-19(23)22(32)31(16-5-6-16)12-14-3-1-2-4-17(14)24(27,28)29/h1-4,9-10,16,19,30H,5-8,11-13H2/t19-,23+/m1/s1. The molecule has 2 aliphatic heterocycles. The van der Waals surface area contributed by atoms with Gasteiger partial charge >= 0.3 is 6.18 Å². The molecule has 2 atom stereocenters. The van der Waals surface area contributed by atoms with Crippen molar-refractivity contribution in [1.82, 2.24) is 10.2 Å². The minimum Gasteiger partial charge on any atom is -0.365 e. The molecule has 176 valence electrons. The average molecular weight is 466 g/mol. The van der Waals surface area contributed by atoms with Gasteiger partial charge < -0.3 is 15.0 Å². The van der Waals surface area contributed by atoms with Crippen LogP contribution in [0.1, 0.15) is 41.5 Å². The van der Waals surface area contributed by atoms with Crippen LogP contribution in [0.4, 0.5) is 22.0 Å². The number of piperidine rings is 1. The molecule has 2 fully saturated rings. The zero-order chi connectivity index (χ0) is 23.4. The normalized spacial score (nSPS) is 24.7. The molecule has 1 N–H and O–H groups in total. The summed E-state index contributed by atoms with van der Waals surface area (Å²) in [7, 11) is 0. The van der Waals surface area contributed by atoms with Crippen LogP contribution in [0, 0.1) is 17.6 Å². The lowest BCUT2D eigenvalue weighted by Crippen LogP contribution is -2.55. The number of hydrogen-bond acceptors (Lipinski definition) is 3. The van der Waals surface area contributed by atoms with Crippen molar-refractivity contribution >= 4 is 5.91 Å². The molecule has 0 aromatic heterocycles. The smallest absolute Gasteiger partial charge is 0.365 e. The SMILES string of the molecule is O=C([C@H]1CNCC[C@@]12OCc1cc(F)c(F)cc12)N(Cc1ccccc1C(F)(F)F)C1CC1. The van der Waals surface area contributed by atoms with Gasteiger partial charge in [0.2, 0.25) is 5.91 Å². The quantitative estimate of drug-likeness (QED) is 0.675. The third-order valence-electron chi connectivity index (χ3n) is 6.90. The zero-order valence-corrected chi connectivity index (χ0v) is 17.7. The Morgan fingerprint density at radius 3 is 2.61 bits per heavy atom. The molecule has 4 nitrogen and oxygen atoms in total. The minimum absolute atomic E-state index is 0.0314. The number of nitrogens with zero attached hydrogens (tertiary/aromatic N) is 1. The molecular formula is C24H23F5N2O2. The van der Waals surface area contributed by atoms with Crippen molar-refractivity contribution in [2.45, 2.75) is 50.2 Å². The van der Waals surface area contributed by atoms with Crippen LogP contribution < -0.4 is 5.32 Å². The third-order valence-corrected chi connectivity index (χ3v) is 6.90. The number of fused-ring (bicyclic) bond motifs is 2. The van der Waals surface area contributed by atoms with E-state index in [0.717, 1.165) is 18.2 Å². The van der Waals surface area contributed by atoms with E-state index in [1.54, 1.807) is 0 Å². The number of rotatable bonds is 4. The predicted molar refractivity (Wildman–Crippen MR) is 109 cm³/mol. The Bertz CT molecular complexity index is 1090. The summed E-state index contributed by atoms with van der Waals surface area (Å²) < 4.78 is 74.6. The van der Waals surface area contributed by atoms with Crippen LogP contribution in [0.25, 0.3) is 0 Å². The highest BCUT2D eigenvalue weighted by molar-refractivity contribution is 5.82. The lowest BCUT2D eigenvalue weighted by Gasteiger charge is -2.43. The van der Waals surface area contributed by atoms with Crippen molar-refractivity contribution < 1.29 is 31.5 Å². The number of benzene rings is 2. The Kier molecular flexibility index (Phi) is 5.44. The summed E-state index contributed by atoms with van der Waals surface area (Å²) in [6.07, 6.45) is -2.73. The largest absolute Gasteiger partial charge is 0.416 e. The second-order valence-corrected chi connectivity index (χ2v) is 8.96. The molecule has 0 radical (unpaired) electrons. The van der Waals surface area contributed by atoms with Crippen LogP contribution in [0.3, 0.4) is 0 Å². The summed E-state index contributed by atoms with van der Waals surface area (Å²) in [6.45, 7) is 0.636. The van der Waals surface area contributed by atoms with Crippen LogP contribution in [0.15, 0.2) is 36.4 Å². The average Bonchev–Trinajstić information content (AvgIpc) is 3.57. The number of alkyl halides is 3. The molecule has 1 spiro atoms. The lowest BCUT2D eigenvalue weighted by atomic mass is 9.75. The topological polar surface area (TPSA) is 41.6 Å². The molecule has 3 aliphatic rings. The molecule has 0 bridgehead atoms. The fourth-order valence-corrected chi connectivity index (χ4v) is 5.12. The van der Waals surface area contributed by atoms with Gasteiger partial charge in [-0.3, -0.25) is 4.79 Å². The van der Waals surface area contributed by atoms with Gasteiger partial charge in [-0.1, -0.05) is 18.2 Å². The molecule has 0 unspecified atom stereocenters. The molecular weight excluding hydrogens is 443 g/mol. The van der Waals surface area contributed by atoms with E-state index in [2.05, 4.69) is 5.32 Å². The van der Waals surface area contributed by atoms with Crippen LogP contribution in [0.2, 0.25) is 0 Å². The second kappa shape index (κ2) is 8.06. The van der Waals surface area contributed by atoms with E-state index in [0.29, 0.717) is 36.9 Å². The number of amides is 1. The second-order valence-electron chi connectivity index (χ2n) is 8.96. The number of halogens is 5. The van der Waals surface area contributed by atoms with Crippen molar-refractivity contribution in [3.63, 3.8) is 0 Å². The Labute approximate surface area is 187 Å². The summed E-state index contributed by atoms with van der Waals surface area (Å²) in [6, 6.07) is 7.31. The number of carbonyl (C=O) groups excluding carboxylic acids is 1. The van der Waals surface area contributed by atoms with Crippen LogP contribution in [-0.4, -0.2) is 29.9 Å². The number of ether oxygens (including phenoxy) is 1. The van der Waals surface area contributed by atoms with Gasteiger partial charge in [-0.2, -0.15) is 13.2 Å². The van der Waals surface area contributed by atoms with Crippen LogP contribution in [0.5, 0.6) is 0 Å². The van der Waals surface area contributed by atoms with E-state index >= 15 is 0 Å². The molecule has 2 aromatic rings. The number of hydrogen-bond donors (Lipinski definition) is 1. The van der Waals surface area contributed by atoms with Crippen molar-refractivity contribution in [2.75, 3.05) is 13.1 Å². The molecule has 1 saturated heterocycles. The molecule has 2 heterocycles. The number of carbonyl (C=O) groups is 1. The first-order chi connectivity index (χ1) is 15.7. The van der Waals surface area contributed by atoms with Crippen molar-refractivity contribution in [2.24, 2.45) is 5.92 Å². The van der Waals surface area contributed by atoms with Gasteiger partial charge in [0.05, 0.1) is 18.1 Å². The van der Waals surface area contributed by atoms with Gasteiger partial charge in [0.25, 0.3) is 0 Å². The van der Waals surface area contributed by atoms with Gasteiger partial charge in [0.15, 0.2) is 11.6 Å². The maximum atomic E-state index is 14.1. The molecule has 9 heteroatoms. The van der Waals surface area contributed by atoms with E-state index in [-0.39, 0.29) is 37.2 Å². The zero-order valence-electron chi connectivity index (χ0n) is 17.7. The van der Waals surface area contributed by atoms with E-state index in [4.69, 9.17) is 4.74 Å². The Morgan fingerprint density at radius 2 is 1.88 bits per heavy atom. The molecule has 1 saturated carbocycles. The fourth-order valence-electron chi connectivity index (χ4n) is 5.12. The first kappa shape index (κ1) is 22.3. The van der Waals surface area contributed by atoms with Gasteiger partial charge in [-0.15, -0.1) is 0 Å². The number of nitrogens with one attached hydrogen (secondary N) is 1. The molecule has 33 heavy (non-hydrogen) atoms. The maximum Gasteiger partial charge on any atom is 0.416 e. The van der Waals surface area contributed by atoms with Gasteiger partial charge in [0.1, 0.15) is 5.60 Å². The first-order valence-corrected chi connectivity index (χ1v) is 11.0. The Hall–Kier alpha value is -2.52. The third kappa shape index (κ3) is 3.91. The highest BCUT2D eigenvalue weighted by Gasteiger charge is 2.53. The summed E-state index contributed by atoms with van der Waals surface area (Å²) in [5, 5.41) is 3.16. The van der Waals surface area contributed by atoms with Gasteiger partial charge in [-0.05, 0) is 60.7 Å². The Balaban J connectivity index is 1.50. The summed E-state index contributed by atoms with van der Waals surface area (Å²) in [5.41, 5.74) is -0.923. The first-order valence-electron chi connectivity index (χ1n) is 11.0. The summed E-state index contributed by atoms with van der Waals surface area (Å²) in [4.78, 5) is 15.3. The van der Waals surface area contributed by atoms with Crippen molar-refractivity contribution in [1.29, 1.82) is 0 Å². The lowest BCUT2D eigenvalue weighted by molar-refractivity contribution is -0.158. The van der Waals surface area contributed by atoms with Gasteiger partial charge in [-0.25, -0.2) is 8.78 Å². The fraction of sp³-hybridized carbons (Fsp3) is 0.458. The van der Waals surface area contributed by atoms with Crippen LogP contribution in [-0.2, 0) is 34.5 Å². The van der Waals surface area contributed by atoms with Gasteiger partial charge in [0, 0.05) is 19.1 Å². The monoisotopic (exact) mass is 466 g/mol. The van der Waals surface area contributed by atoms with E-state index in [1.165, 1.54) is 23.1 Å². The predicted octanol–water partition coefficient (Wildman–Crippen LogP) is 4.51. The van der Waals surface area contributed by atoms with Crippen molar-refractivity contribution in [3.05, 3.63) is 70.3 Å². The molecule has 2 aromatic carbocycles. The van der Waals surface area contributed by atoms with E-state index in [1.807, 2.05) is 0 Å². The van der Waals surface area contributed by atoms with E-state index < -0.39 is 34.9 Å². The van der Waals surface area contributed by atoms with Crippen molar-refractivity contribution in [3.8, 4) is 0 Å². The molecule has 1 amide bonds. The highest BCUT2D eigenvalue weighted by Crippen LogP contribution is 2.48.